The number of carbonyl (C=O) groups excluding carboxylic acids is 1. The molecule has 2 N–H and O–H groups in total. The van der Waals surface area contributed by atoms with Crippen LogP contribution in [-0.2, 0) is 6.54 Å². The molecule has 5 nitrogen and oxygen atoms in total. The lowest BCUT2D eigenvalue weighted by atomic mass is 10.1. The molecular weight excluding hydrogens is 268 g/mol. The third kappa shape index (κ3) is 4.56. The maximum absolute atomic E-state index is 11.8. The molecule has 1 aromatic heterocycles. The van der Waals surface area contributed by atoms with Gasteiger partial charge in [0.05, 0.1) is 25.5 Å². The lowest BCUT2D eigenvalue weighted by molar-refractivity contribution is 0.236. The Hall–Kier alpha value is -2.43. The van der Waals surface area contributed by atoms with E-state index in [4.69, 9.17) is 9.15 Å². The van der Waals surface area contributed by atoms with Crippen LogP contribution in [0.15, 0.2) is 47.1 Å². The number of carbonyl (C=O) groups is 1. The van der Waals surface area contributed by atoms with Gasteiger partial charge in [-0.05, 0) is 43.7 Å². The average Bonchev–Trinajstić information content (AvgIpc) is 2.99. The van der Waals surface area contributed by atoms with Gasteiger partial charge in [0.1, 0.15) is 11.5 Å². The van der Waals surface area contributed by atoms with E-state index in [0.717, 1.165) is 17.1 Å². The van der Waals surface area contributed by atoms with Gasteiger partial charge >= 0.3 is 6.03 Å². The standard InChI is InChI=1S/C16H20N2O3/c1-3-20-14-8-6-13(7-9-14)12(2)18-16(19)17-11-15-5-4-10-21-15/h4-10,12H,3,11H2,1-2H3,(H2,17,18,19)/t12-/m0/s1. The fourth-order valence-electron chi connectivity index (χ4n) is 1.93. The van der Waals surface area contributed by atoms with Crippen molar-refractivity contribution in [3.05, 3.63) is 54.0 Å². The summed E-state index contributed by atoms with van der Waals surface area (Å²) in [7, 11) is 0. The Bertz CT molecular complexity index is 549. The van der Waals surface area contributed by atoms with Gasteiger partial charge in [0.25, 0.3) is 0 Å². The molecule has 0 saturated heterocycles. The summed E-state index contributed by atoms with van der Waals surface area (Å²) in [5, 5.41) is 5.63. The minimum atomic E-state index is -0.229. The van der Waals surface area contributed by atoms with Gasteiger partial charge < -0.3 is 19.8 Å². The smallest absolute Gasteiger partial charge is 0.315 e. The zero-order valence-corrected chi connectivity index (χ0v) is 12.3. The van der Waals surface area contributed by atoms with Gasteiger partial charge in [-0.3, -0.25) is 0 Å². The van der Waals surface area contributed by atoms with Crippen LogP contribution in [0.4, 0.5) is 4.79 Å². The highest BCUT2D eigenvalue weighted by Gasteiger charge is 2.09. The second kappa shape index (κ2) is 7.38. The first-order chi connectivity index (χ1) is 10.2. The van der Waals surface area contributed by atoms with E-state index in [1.807, 2.05) is 44.2 Å². The Kier molecular flexibility index (Phi) is 5.26. The molecule has 0 unspecified atom stereocenters. The fraction of sp³-hybridized carbons (Fsp3) is 0.312. The summed E-state index contributed by atoms with van der Waals surface area (Å²) in [6, 6.07) is 11.0. The third-order valence-corrected chi connectivity index (χ3v) is 3.04. The van der Waals surface area contributed by atoms with Gasteiger partial charge in [-0.25, -0.2) is 4.79 Å². The van der Waals surface area contributed by atoms with Crippen LogP contribution < -0.4 is 15.4 Å². The van der Waals surface area contributed by atoms with Crippen molar-refractivity contribution in [2.24, 2.45) is 0 Å². The quantitative estimate of drug-likeness (QED) is 0.857. The highest BCUT2D eigenvalue weighted by atomic mass is 16.5. The average molecular weight is 288 g/mol. The van der Waals surface area contributed by atoms with Crippen molar-refractivity contribution in [1.29, 1.82) is 0 Å². The van der Waals surface area contributed by atoms with Crippen LogP contribution in [-0.4, -0.2) is 12.6 Å². The summed E-state index contributed by atoms with van der Waals surface area (Å²) in [5.74, 6) is 1.55. The summed E-state index contributed by atoms with van der Waals surface area (Å²) < 4.78 is 10.5. The van der Waals surface area contributed by atoms with Crippen LogP contribution >= 0.6 is 0 Å². The molecule has 5 heteroatoms. The monoisotopic (exact) mass is 288 g/mol. The highest BCUT2D eigenvalue weighted by Crippen LogP contribution is 2.17. The molecule has 21 heavy (non-hydrogen) atoms. The number of benzene rings is 1. The van der Waals surface area contributed by atoms with Crippen LogP contribution in [0, 0.1) is 0 Å². The molecule has 112 valence electrons. The summed E-state index contributed by atoms with van der Waals surface area (Å²) in [6.45, 7) is 4.89. The van der Waals surface area contributed by atoms with Gasteiger partial charge in [0.15, 0.2) is 0 Å². The molecular formula is C16H20N2O3. The number of urea groups is 1. The number of furan rings is 1. The van der Waals surface area contributed by atoms with Crippen molar-refractivity contribution < 1.29 is 13.9 Å². The lowest BCUT2D eigenvalue weighted by Crippen LogP contribution is -2.36. The molecule has 1 aromatic carbocycles. The first-order valence-corrected chi connectivity index (χ1v) is 6.98. The summed E-state index contributed by atoms with van der Waals surface area (Å²) in [6.07, 6.45) is 1.58. The Morgan fingerprint density at radius 2 is 2.05 bits per heavy atom. The second-order valence-corrected chi connectivity index (χ2v) is 4.63. The first kappa shape index (κ1) is 15.0. The Morgan fingerprint density at radius 3 is 2.67 bits per heavy atom. The lowest BCUT2D eigenvalue weighted by Gasteiger charge is -2.15. The largest absolute Gasteiger partial charge is 0.494 e. The molecule has 2 rings (SSSR count). The zero-order chi connectivity index (χ0) is 15.1. The number of hydrogen-bond acceptors (Lipinski definition) is 3. The maximum atomic E-state index is 11.8. The summed E-state index contributed by atoms with van der Waals surface area (Å²) in [4.78, 5) is 11.8. The van der Waals surface area contributed by atoms with Crippen molar-refractivity contribution in [3.63, 3.8) is 0 Å². The molecule has 0 aliphatic rings. The predicted octanol–water partition coefficient (Wildman–Crippen LogP) is 3.24. The summed E-state index contributed by atoms with van der Waals surface area (Å²) >= 11 is 0. The highest BCUT2D eigenvalue weighted by molar-refractivity contribution is 5.74. The normalized spacial score (nSPS) is 11.7. The molecule has 0 aliphatic heterocycles. The zero-order valence-electron chi connectivity index (χ0n) is 12.3. The number of nitrogens with one attached hydrogen (secondary N) is 2. The molecule has 0 aliphatic carbocycles. The van der Waals surface area contributed by atoms with E-state index in [1.165, 1.54) is 0 Å². The van der Waals surface area contributed by atoms with Crippen molar-refractivity contribution in [2.75, 3.05) is 6.61 Å². The molecule has 1 atom stereocenters. The van der Waals surface area contributed by atoms with Crippen molar-refractivity contribution in [3.8, 4) is 5.75 Å². The molecule has 2 amide bonds. The van der Waals surface area contributed by atoms with E-state index >= 15 is 0 Å². The molecule has 0 spiro atoms. The second-order valence-electron chi connectivity index (χ2n) is 4.63. The van der Waals surface area contributed by atoms with Gasteiger partial charge in [0.2, 0.25) is 0 Å². The van der Waals surface area contributed by atoms with E-state index in [9.17, 15) is 4.79 Å². The molecule has 0 bridgehead atoms. The molecule has 0 fully saturated rings. The summed E-state index contributed by atoms with van der Waals surface area (Å²) in [5.41, 5.74) is 1.02. The minimum Gasteiger partial charge on any atom is -0.494 e. The van der Waals surface area contributed by atoms with Crippen LogP contribution in [0.3, 0.4) is 0 Å². The Balaban J connectivity index is 1.82. The molecule has 0 saturated carbocycles. The van der Waals surface area contributed by atoms with Gasteiger partial charge in [-0.2, -0.15) is 0 Å². The topological polar surface area (TPSA) is 63.5 Å². The van der Waals surface area contributed by atoms with Gasteiger partial charge in [-0.15, -0.1) is 0 Å². The molecule has 2 aromatic rings. The number of ether oxygens (including phenoxy) is 1. The predicted molar refractivity (Wildman–Crippen MR) is 80.1 cm³/mol. The number of hydrogen-bond donors (Lipinski definition) is 2. The van der Waals surface area contributed by atoms with E-state index in [-0.39, 0.29) is 12.1 Å². The van der Waals surface area contributed by atoms with Crippen molar-refractivity contribution in [1.82, 2.24) is 10.6 Å². The van der Waals surface area contributed by atoms with Crippen molar-refractivity contribution >= 4 is 6.03 Å². The SMILES string of the molecule is CCOc1ccc([C@H](C)NC(=O)NCc2ccco2)cc1. The molecule has 1 heterocycles. The minimum absolute atomic E-state index is 0.0859. The van der Waals surface area contributed by atoms with Crippen molar-refractivity contribution in [2.45, 2.75) is 26.4 Å². The number of amides is 2. The molecule has 0 radical (unpaired) electrons. The Morgan fingerprint density at radius 1 is 1.29 bits per heavy atom. The van der Waals surface area contributed by atoms with E-state index < -0.39 is 0 Å². The van der Waals surface area contributed by atoms with Crippen LogP contribution in [0.25, 0.3) is 0 Å². The van der Waals surface area contributed by atoms with Gasteiger partial charge in [0, 0.05) is 0 Å². The fourth-order valence-corrected chi connectivity index (χ4v) is 1.93. The third-order valence-electron chi connectivity index (χ3n) is 3.04. The first-order valence-electron chi connectivity index (χ1n) is 6.98. The van der Waals surface area contributed by atoms with Crippen LogP contribution in [0.5, 0.6) is 5.75 Å². The van der Waals surface area contributed by atoms with E-state index in [2.05, 4.69) is 10.6 Å². The van der Waals surface area contributed by atoms with E-state index in [1.54, 1.807) is 12.3 Å². The van der Waals surface area contributed by atoms with Gasteiger partial charge in [-0.1, -0.05) is 12.1 Å². The maximum Gasteiger partial charge on any atom is 0.315 e. The Labute approximate surface area is 124 Å². The van der Waals surface area contributed by atoms with E-state index in [0.29, 0.717) is 13.2 Å². The van der Waals surface area contributed by atoms with Crippen LogP contribution in [0.1, 0.15) is 31.2 Å². The number of rotatable bonds is 6. The van der Waals surface area contributed by atoms with Crippen LogP contribution in [0.2, 0.25) is 0 Å².